The van der Waals surface area contributed by atoms with Crippen molar-refractivity contribution in [2.45, 2.75) is 52.4 Å². The molecule has 4 aromatic carbocycles. The number of ether oxygens (including phenoxy) is 4. The van der Waals surface area contributed by atoms with Crippen LogP contribution in [0, 0.1) is 23.3 Å². The first-order chi connectivity index (χ1) is 45.3. The van der Waals surface area contributed by atoms with Gasteiger partial charge in [0.1, 0.15) is 48.1 Å². The maximum atomic E-state index is 15.5. The van der Waals surface area contributed by atoms with Gasteiger partial charge in [0.15, 0.2) is 11.6 Å². The van der Waals surface area contributed by atoms with Crippen LogP contribution >= 0.6 is 23.2 Å². The number of imidazole rings is 2. The summed E-state index contributed by atoms with van der Waals surface area (Å²) in [5.74, 6) is -3.92. The number of fused-ring (bicyclic) bond motifs is 2. The minimum atomic E-state index is -3.02. The topological polar surface area (TPSA) is 260 Å². The zero-order chi connectivity index (χ0) is 66.2. The molecule has 0 radical (unpaired) electrons. The molecule has 0 unspecified atom stereocenters. The second-order valence-electron chi connectivity index (χ2n) is 20.1. The summed E-state index contributed by atoms with van der Waals surface area (Å²) < 4.78 is 138. The Morgan fingerprint density at radius 1 is 0.511 bits per heavy atom. The van der Waals surface area contributed by atoms with E-state index >= 15 is 17.6 Å². The largest absolute Gasteiger partial charge is 0.478 e. The Kier molecular flexibility index (Phi) is 19.8. The summed E-state index contributed by atoms with van der Waals surface area (Å²) in [5, 5.41) is 34.7. The zero-order valence-corrected chi connectivity index (χ0v) is 49.6. The lowest BCUT2D eigenvalue weighted by Crippen LogP contribution is -2.12. The number of carboxylic acids is 2. The van der Waals surface area contributed by atoms with E-state index in [9.17, 15) is 37.4 Å². The maximum Gasteiger partial charge on any atom is 0.345 e. The number of benzene rings is 4. The fourth-order valence-corrected chi connectivity index (χ4v) is 10.0. The number of aromatic nitrogens is 14. The van der Waals surface area contributed by atoms with Gasteiger partial charge in [0, 0.05) is 84.8 Å². The van der Waals surface area contributed by atoms with Crippen LogP contribution in [0.3, 0.4) is 0 Å². The summed E-state index contributed by atoms with van der Waals surface area (Å²) in [6, 6.07) is 24.7. The highest BCUT2D eigenvalue weighted by Gasteiger charge is 2.23. The van der Waals surface area contributed by atoms with E-state index in [4.69, 9.17) is 32.7 Å². The summed E-state index contributed by atoms with van der Waals surface area (Å²) in [6.45, 7) is -7.18. The molecule has 2 N–H and O–H groups in total. The first-order valence-electron chi connectivity index (χ1n) is 27.7. The van der Waals surface area contributed by atoms with Crippen molar-refractivity contribution in [1.29, 1.82) is 0 Å². The SMILES string of the molecule is O=C(O)c1ccc2nc(Cc3cc(F)c(-c4cccc(OCc5cnc(-n6ccnn6)cc5Cl)n4)cc3F)n(CCOC(F)F)c2c1.O=C(O)c1ccc2nc(Cc3cc(F)c(-c4cccc(OCc5cnc(-n6ccnn6)cc5Cl)n4)cc3F)n(CCOC(F)F)c2c1. The summed E-state index contributed by atoms with van der Waals surface area (Å²) in [7, 11) is 0. The average molecular weight is 1340 g/mol. The first-order valence-corrected chi connectivity index (χ1v) is 28.5. The van der Waals surface area contributed by atoms with E-state index in [0.29, 0.717) is 54.9 Å². The standard InChI is InChI=1S/2C31H22ClF4N7O4/c2*32-21-14-27(43-7-6-38-41-43)37-15-19(21)16-47-29-3-1-2-24(40-29)20-13-22(33)18(10-23(20)34)12-28-39-25-5-4-17(30(44)45)11-26(25)42(28)8-9-46-31(35)36/h2*1-7,10-11,13-15,31H,8-9,12,16H2,(H,44,45). The van der Waals surface area contributed by atoms with E-state index in [1.54, 1.807) is 48.8 Å². The second-order valence-corrected chi connectivity index (χ2v) is 20.9. The van der Waals surface area contributed by atoms with Gasteiger partial charge in [-0.25, -0.2) is 66.4 Å². The van der Waals surface area contributed by atoms with E-state index in [1.165, 1.54) is 91.8 Å². The fourth-order valence-electron chi connectivity index (χ4n) is 9.64. The van der Waals surface area contributed by atoms with Crippen molar-refractivity contribution in [3.8, 4) is 45.9 Å². The highest BCUT2D eigenvalue weighted by Crippen LogP contribution is 2.32. The van der Waals surface area contributed by atoms with Gasteiger partial charge in [-0.05, 0) is 83.9 Å². The normalized spacial score (nSPS) is 11.4. The third-order valence-electron chi connectivity index (χ3n) is 14.1. The van der Waals surface area contributed by atoms with Gasteiger partial charge < -0.3 is 38.3 Å². The van der Waals surface area contributed by atoms with Crippen LogP contribution in [0.15, 0.2) is 146 Å². The smallest absolute Gasteiger partial charge is 0.345 e. The van der Waals surface area contributed by atoms with Crippen molar-refractivity contribution in [2.24, 2.45) is 0 Å². The lowest BCUT2D eigenvalue weighted by atomic mass is 10.0. The Balaban J connectivity index is 0.000000192. The monoisotopic (exact) mass is 1330 g/mol. The predicted molar refractivity (Wildman–Crippen MR) is 319 cm³/mol. The van der Waals surface area contributed by atoms with Crippen LogP contribution in [-0.4, -0.2) is 118 Å². The van der Waals surface area contributed by atoms with Crippen LogP contribution in [0.25, 0.3) is 56.2 Å². The fraction of sp³-hybridized carbons (Fsp3) is 0.161. The molecule has 0 amide bonds. The molecule has 0 aliphatic carbocycles. The van der Waals surface area contributed by atoms with Crippen LogP contribution in [0.1, 0.15) is 54.6 Å². The molecule has 0 aliphatic rings. The Bertz CT molecular complexity index is 4450. The van der Waals surface area contributed by atoms with Gasteiger partial charge in [0.25, 0.3) is 0 Å². The van der Waals surface area contributed by atoms with Crippen LogP contribution in [-0.2, 0) is 48.6 Å². The molecule has 12 aromatic rings. The van der Waals surface area contributed by atoms with Crippen molar-refractivity contribution in [2.75, 3.05) is 13.2 Å². The van der Waals surface area contributed by atoms with Gasteiger partial charge in [-0.2, -0.15) is 17.6 Å². The van der Waals surface area contributed by atoms with Crippen LogP contribution in [0.4, 0.5) is 35.1 Å². The lowest BCUT2D eigenvalue weighted by Gasteiger charge is -2.12. The number of pyridine rings is 4. The zero-order valence-electron chi connectivity index (χ0n) is 48.1. The number of hydrogen-bond acceptors (Lipinski definition) is 16. The molecular formula is C62H44Cl2F8N14O8. The number of rotatable bonds is 24. The van der Waals surface area contributed by atoms with E-state index in [-0.39, 0.29) is 107 Å². The van der Waals surface area contributed by atoms with Crippen molar-refractivity contribution in [1.82, 2.24) is 69.0 Å². The molecule has 0 bridgehead atoms. The Morgan fingerprint density at radius 2 is 0.936 bits per heavy atom. The molecule has 22 nitrogen and oxygen atoms in total. The van der Waals surface area contributed by atoms with Crippen molar-refractivity contribution in [3.63, 3.8) is 0 Å². The third kappa shape index (κ3) is 15.2. The van der Waals surface area contributed by atoms with E-state index in [2.05, 4.69) is 60.0 Å². The minimum absolute atomic E-state index is 0.00693. The molecule has 480 valence electrons. The molecule has 0 atom stereocenters. The lowest BCUT2D eigenvalue weighted by molar-refractivity contribution is -0.130. The number of carboxylic acid groups (broad SMARTS) is 2. The number of hydrogen-bond donors (Lipinski definition) is 2. The molecule has 8 aromatic heterocycles. The summed E-state index contributed by atoms with van der Waals surface area (Å²) in [6.07, 6.45) is 8.81. The molecule has 32 heteroatoms. The van der Waals surface area contributed by atoms with Crippen LogP contribution < -0.4 is 9.47 Å². The van der Waals surface area contributed by atoms with E-state index in [0.717, 1.165) is 24.3 Å². The maximum absolute atomic E-state index is 15.5. The minimum Gasteiger partial charge on any atom is -0.478 e. The number of alkyl halides is 4. The van der Waals surface area contributed by atoms with Gasteiger partial charge in [-0.1, -0.05) is 45.8 Å². The quantitative estimate of drug-likeness (QED) is 0.0533. The van der Waals surface area contributed by atoms with E-state index < -0.39 is 61.6 Å². The molecule has 8 heterocycles. The molecular weight excluding hydrogens is 1290 g/mol. The van der Waals surface area contributed by atoms with Gasteiger partial charge in [-0.15, -0.1) is 10.2 Å². The first kappa shape index (κ1) is 64.7. The molecule has 0 aliphatic heterocycles. The van der Waals surface area contributed by atoms with Crippen molar-refractivity contribution in [3.05, 3.63) is 225 Å². The summed E-state index contributed by atoms with van der Waals surface area (Å²) in [5.41, 5.74) is 2.15. The summed E-state index contributed by atoms with van der Waals surface area (Å²) in [4.78, 5) is 49.1. The van der Waals surface area contributed by atoms with Crippen molar-refractivity contribution >= 4 is 57.2 Å². The highest BCUT2D eigenvalue weighted by atomic mass is 35.5. The van der Waals surface area contributed by atoms with E-state index in [1.807, 2.05) is 0 Å². The van der Waals surface area contributed by atoms with Crippen molar-refractivity contribution < 1.29 is 73.9 Å². The van der Waals surface area contributed by atoms with Gasteiger partial charge >= 0.3 is 25.2 Å². The van der Waals surface area contributed by atoms with Gasteiger partial charge in [-0.3, -0.25) is 0 Å². The molecule has 94 heavy (non-hydrogen) atoms. The number of halogens is 10. The number of nitrogens with zero attached hydrogens (tertiary/aromatic N) is 14. The molecule has 0 spiro atoms. The van der Waals surface area contributed by atoms with Gasteiger partial charge in [0.2, 0.25) is 11.8 Å². The molecule has 0 saturated carbocycles. The molecule has 12 rings (SSSR count). The predicted octanol–water partition coefficient (Wildman–Crippen LogP) is 12.2. The third-order valence-corrected chi connectivity index (χ3v) is 14.8. The molecule has 0 saturated heterocycles. The van der Waals surface area contributed by atoms with Crippen LogP contribution in [0.2, 0.25) is 10.0 Å². The Labute approximate surface area is 534 Å². The Hall–Kier alpha value is -10.8. The number of carbonyl (C=O) groups is 2. The van der Waals surface area contributed by atoms with Crippen LogP contribution in [0.5, 0.6) is 11.8 Å². The summed E-state index contributed by atoms with van der Waals surface area (Å²) >= 11 is 12.8. The highest BCUT2D eigenvalue weighted by molar-refractivity contribution is 6.31. The second kappa shape index (κ2) is 28.8. The average Bonchev–Trinajstić information content (AvgIpc) is 1.58. The Morgan fingerprint density at radius 3 is 1.31 bits per heavy atom. The number of aromatic carboxylic acids is 2. The molecule has 0 fully saturated rings. The van der Waals surface area contributed by atoms with Gasteiger partial charge in [0.05, 0.1) is 92.6 Å².